The molecule has 9 aromatic carbocycles. The third-order valence-corrected chi connectivity index (χ3v) is 11.4. The lowest BCUT2D eigenvalue weighted by molar-refractivity contribution is 1.30. The monoisotopic (exact) mass is 679 g/mol. The molecule has 1 heterocycles. The zero-order valence-corrected chi connectivity index (χ0v) is 29.2. The number of fused-ring (bicyclic) bond motifs is 5. The van der Waals surface area contributed by atoms with Gasteiger partial charge in [0.05, 0.1) is 11.4 Å². The number of anilines is 3. The van der Waals surface area contributed by atoms with Crippen LogP contribution in [0.25, 0.3) is 75.1 Å². The molecular formula is C50H33NS. The number of nitrogens with zero attached hydrogens (tertiary/aromatic N) is 1. The minimum absolute atomic E-state index is 1.11. The van der Waals surface area contributed by atoms with Gasteiger partial charge in [0.25, 0.3) is 0 Å². The van der Waals surface area contributed by atoms with E-state index in [1.54, 1.807) is 0 Å². The van der Waals surface area contributed by atoms with Crippen LogP contribution in [0.2, 0.25) is 0 Å². The first-order chi connectivity index (χ1) is 25.8. The fraction of sp³-hybridized carbons (Fsp3) is 0. The summed E-state index contributed by atoms with van der Waals surface area (Å²) in [5.41, 5.74) is 10.7. The lowest BCUT2D eigenvalue weighted by Gasteiger charge is -2.29. The standard InChI is InChI=1S/C50H33NS/c1-3-15-41-36(11-1)13-9-19-42(41)38-25-23-34(24-26-38)35-27-30-40(31-28-35)51(48-21-10-14-37-12-2-4-16-43(37)48)47-20-7-5-17-44(47)39-29-32-46-45-18-6-8-22-49(45)52-50(46)33-39/h1-33H. The van der Waals surface area contributed by atoms with Gasteiger partial charge >= 0.3 is 0 Å². The van der Waals surface area contributed by atoms with Crippen molar-refractivity contribution in [3.8, 4) is 33.4 Å². The third kappa shape index (κ3) is 5.24. The molecule has 0 saturated heterocycles. The summed E-state index contributed by atoms with van der Waals surface area (Å²) in [7, 11) is 0. The smallest absolute Gasteiger partial charge is 0.0540 e. The number of hydrogen-bond acceptors (Lipinski definition) is 2. The summed E-state index contributed by atoms with van der Waals surface area (Å²) < 4.78 is 2.63. The molecule has 0 atom stereocenters. The van der Waals surface area contributed by atoms with Crippen molar-refractivity contribution in [1.29, 1.82) is 0 Å². The second-order valence-electron chi connectivity index (χ2n) is 13.3. The Morgan fingerprint density at radius 2 is 0.827 bits per heavy atom. The van der Waals surface area contributed by atoms with Gasteiger partial charge in [-0.2, -0.15) is 0 Å². The minimum Gasteiger partial charge on any atom is -0.309 e. The van der Waals surface area contributed by atoms with Gasteiger partial charge in [0.2, 0.25) is 0 Å². The second-order valence-corrected chi connectivity index (χ2v) is 14.4. The Kier molecular flexibility index (Phi) is 7.41. The molecule has 0 unspecified atom stereocenters. The summed E-state index contributed by atoms with van der Waals surface area (Å²) in [6, 6.07) is 72.9. The van der Waals surface area contributed by atoms with Crippen LogP contribution in [0.5, 0.6) is 0 Å². The van der Waals surface area contributed by atoms with Gasteiger partial charge in [0.15, 0.2) is 0 Å². The Morgan fingerprint density at radius 3 is 1.63 bits per heavy atom. The zero-order valence-electron chi connectivity index (χ0n) is 28.4. The van der Waals surface area contributed by atoms with Crippen LogP contribution in [0.1, 0.15) is 0 Å². The van der Waals surface area contributed by atoms with Gasteiger partial charge in [-0.05, 0) is 80.4 Å². The van der Waals surface area contributed by atoms with Gasteiger partial charge < -0.3 is 4.90 Å². The Hall–Kier alpha value is -6.48. The molecule has 2 heteroatoms. The molecule has 0 fully saturated rings. The van der Waals surface area contributed by atoms with Gasteiger partial charge in [0.1, 0.15) is 0 Å². The first-order valence-corrected chi connectivity index (χ1v) is 18.6. The SMILES string of the molecule is c1ccc(N(c2ccc(-c3ccc(-c4cccc5ccccc45)cc3)cc2)c2cccc3ccccc23)c(-c2ccc3c(c2)sc2ccccc23)c1. The number of hydrogen-bond donors (Lipinski definition) is 0. The lowest BCUT2D eigenvalue weighted by atomic mass is 9.96. The van der Waals surface area contributed by atoms with Crippen LogP contribution in [-0.2, 0) is 0 Å². The highest BCUT2D eigenvalue weighted by atomic mass is 32.1. The van der Waals surface area contributed by atoms with E-state index in [0.717, 1.165) is 17.1 Å². The molecule has 52 heavy (non-hydrogen) atoms. The van der Waals surface area contributed by atoms with E-state index in [9.17, 15) is 0 Å². The number of rotatable bonds is 6. The Bertz CT molecular complexity index is 2890. The molecule has 10 aromatic rings. The maximum Gasteiger partial charge on any atom is 0.0540 e. The van der Waals surface area contributed by atoms with Crippen molar-refractivity contribution in [2.24, 2.45) is 0 Å². The van der Waals surface area contributed by atoms with Gasteiger partial charge in [-0.15, -0.1) is 11.3 Å². The average Bonchev–Trinajstić information content (AvgIpc) is 3.59. The zero-order chi connectivity index (χ0) is 34.4. The second kappa shape index (κ2) is 12.7. The minimum atomic E-state index is 1.11. The van der Waals surface area contributed by atoms with Crippen molar-refractivity contribution in [2.45, 2.75) is 0 Å². The predicted molar refractivity (Wildman–Crippen MR) is 225 cm³/mol. The number of thiophene rings is 1. The normalized spacial score (nSPS) is 11.5. The summed E-state index contributed by atoms with van der Waals surface area (Å²) in [4.78, 5) is 2.43. The fourth-order valence-electron chi connectivity index (χ4n) is 7.74. The van der Waals surface area contributed by atoms with E-state index >= 15 is 0 Å². The summed E-state index contributed by atoms with van der Waals surface area (Å²) >= 11 is 1.87. The molecular weight excluding hydrogens is 647 g/mol. The summed E-state index contributed by atoms with van der Waals surface area (Å²) in [6.07, 6.45) is 0. The van der Waals surface area contributed by atoms with Crippen molar-refractivity contribution in [3.05, 3.63) is 200 Å². The largest absolute Gasteiger partial charge is 0.309 e. The van der Waals surface area contributed by atoms with Crippen LogP contribution < -0.4 is 4.90 Å². The molecule has 0 saturated carbocycles. The topological polar surface area (TPSA) is 3.24 Å². The molecule has 0 bridgehead atoms. The molecule has 0 amide bonds. The van der Waals surface area contributed by atoms with Gasteiger partial charge in [-0.25, -0.2) is 0 Å². The molecule has 0 aliphatic carbocycles. The van der Waals surface area contributed by atoms with Crippen LogP contribution in [0, 0.1) is 0 Å². The highest BCUT2D eigenvalue weighted by molar-refractivity contribution is 7.25. The first-order valence-electron chi connectivity index (χ1n) is 17.8. The molecule has 1 nitrogen and oxygen atoms in total. The summed E-state index contributed by atoms with van der Waals surface area (Å²) in [6.45, 7) is 0. The molecule has 244 valence electrons. The van der Waals surface area contributed by atoms with E-state index in [1.165, 1.54) is 75.1 Å². The maximum atomic E-state index is 2.43. The molecule has 0 aliphatic rings. The quantitative estimate of drug-likeness (QED) is 0.169. The Labute approximate surface area is 307 Å². The fourth-order valence-corrected chi connectivity index (χ4v) is 8.89. The van der Waals surface area contributed by atoms with Crippen molar-refractivity contribution < 1.29 is 0 Å². The van der Waals surface area contributed by atoms with Crippen molar-refractivity contribution in [1.82, 2.24) is 0 Å². The Balaban J connectivity index is 1.07. The lowest BCUT2D eigenvalue weighted by Crippen LogP contribution is -2.11. The van der Waals surface area contributed by atoms with Crippen LogP contribution in [0.15, 0.2) is 200 Å². The van der Waals surface area contributed by atoms with Gasteiger partial charge in [-0.3, -0.25) is 0 Å². The van der Waals surface area contributed by atoms with Gasteiger partial charge in [0, 0.05) is 36.8 Å². The van der Waals surface area contributed by atoms with E-state index in [2.05, 4.69) is 205 Å². The van der Waals surface area contributed by atoms with E-state index in [4.69, 9.17) is 0 Å². The van der Waals surface area contributed by atoms with Crippen LogP contribution in [0.4, 0.5) is 17.1 Å². The Morgan fingerprint density at radius 1 is 0.308 bits per heavy atom. The molecule has 0 spiro atoms. The van der Waals surface area contributed by atoms with Crippen molar-refractivity contribution >= 4 is 70.1 Å². The molecule has 1 aromatic heterocycles. The van der Waals surface area contributed by atoms with Crippen LogP contribution in [-0.4, -0.2) is 0 Å². The molecule has 10 rings (SSSR count). The van der Waals surface area contributed by atoms with E-state index in [0.29, 0.717) is 0 Å². The number of benzene rings is 9. The third-order valence-electron chi connectivity index (χ3n) is 10.3. The molecule has 0 aliphatic heterocycles. The van der Waals surface area contributed by atoms with E-state index in [1.807, 2.05) is 11.3 Å². The highest BCUT2D eigenvalue weighted by Crippen LogP contribution is 2.45. The van der Waals surface area contributed by atoms with Crippen LogP contribution in [0.3, 0.4) is 0 Å². The number of para-hydroxylation sites is 1. The molecule has 0 radical (unpaired) electrons. The van der Waals surface area contributed by atoms with E-state index < -0.39 is 0 Å². The predicted octanol–water partition coefficient (Wildman–Crippen LogP) is 14.8. The van der Waals surface area contributed by atoms with Crippen molar-refractivity contribution in [3.63, 3.8) is 0 Å². The first kappa shape index (κ1) is 30.4. The summed E-state index contributed by atoms with van der Waals surface area (Å²) in [5, 5.41) is 7.61. The van der Waals surface area contributed by atoms with Gasteiger partial charge in [-0.1, -0.05) is 164 Å². The highest BCUT2D eigenvalue weighted by Gasteiger charge is 2.20. The summed E-state index contributed by atoms with van der Waals surface area (Å²) in [5.74, 6) is 0. The van der Waals surface area contributed by atoms with Crippen molar-refractivity contribution in [2.75, 3.05) is 4.90 Å². The average molecular weight is 680 g/mol. The van der Waals surface area contributed by atoms with Crippen LogP contribution >= 0.6 is 11.3 Å². The van der Waals surface area contributed by atoms with E-state index in [-0.39, 0.29) is 0 Å². The maximum absolute atomic E-state index is 2.43. The molecule has 0 N–H and O–H groups in total.